The third kappa shape index (κ3) is 4.45. The average Bonchev–Trinajstić information content (AvgIpc) is 2.62. The summed E-state index contributed by atoms with van der Waals surface area (Å²) in [7, 11) is 4.63. The Bertz CT molecular complexity index is 692. The maximum absolute atomic E-state index is 11.9. The second-order valence-electron chi connectivity index (χ2n) is 4.79. The summed E-state index contributed by atoms with van der Waals surface area (Å²) < 4.78 is 17.6. The molecule has 1 amide bonds. The van der Waals surface area contributed by atoms with Crippen molar-refractivity contribution in [3.8, 4) is 17.2 Å². The second kappa shape index (κ2) is 8.52. The predicted octanol–water partition coefficient (Wildman–Crippen LogP) is 1.15. The van der Waals surface area contributed by atoms with Crippen LogP contribution in [0.3, 0.4) is 0 Å². The number of amides is 1. The number of ether oxygens (including phenoxy) is 3. The van der Waals surface area contributed by atoms with Crippen LogP contribution < -0.4 is 24.2 Å². The van der Waals surface area contributed by atoms with Crippen molar-refractivity contribution in [2.45, 2.75) is 6.54 Å². The number of methoxy groups -OCH3 is 3. The van der Waals surface area contributed by atoms with Gasteiger partial charge in [0.15, 0.2) is 12.4 Å². The van der Waals surface area contributed by atoms with Crippen LogP contribution in [0, 0.1) is 0 Å². The van der Waals surface area contributed by atoms with Gasteiger partial charge in [0.1, 0.15) is 17.2 Å². The molecule has 1 aromatic carbocycles. The molecule has 7 nitrogen and oxygen atoms in total. The smallest absolute Gasteiger partial charge is 0.305 e. The summed E-state index contributed by atoms with van der Waals surface area (Å²) in [6, 6.07) is 9.01. The topological polar surface area (TPSA) is 73.0 Å². The minimum atomic E-state index is -0.242. The summed E-state index contributed by atoms with van der Waals surface area (Å²) in [6.45, 7) is 0.176. The van der Waals surface area contributed by atoms with Gasteiger partial charge in [0.2, 0.25) is 6.54 Å². The van der Waals surface area contributed by atoms with Gasteiger partial charge in [0, 0.05) is 24.3 Å². The molecule has 0 saturated carbocycles. The lowest BCUT2D eigenvalue weighted by molar-refractivity contribution is -0.684. The molecule has 0 unspecified atom stereocenters. The molecule has 0 atom stereocenters. The van der Waals surface area contributed by atoms with E-state index < -0.39 is 0 Å². The summed E-state index contributed by atoms with van der Waals surface area (Å²) in [5, 5.41) is 3.97. The van der Waals surface area contributed by atoms with Gasteiger partial charge in [-0.2, -0.15) is 9.67 Å². The van der Waals surface area contributed by atoms with E-state index in [1.54, 1.807) is 36.2 Å². The van der Waals surface area contributed by atoms with Crippen LogP contribution in [-0.2, 0) is 11.3 Å². The Morgan fingerprint density at radius 3 is 2.25 bits per heavy atom. The molecule has 24 heavy (non-hydrogen) atoms. The molecule has 0 saturated heterocycles. The zero-order valence-corrected chi connectivity index (χ0v) is 13.9. The lowest BCUT2D eigenvalue weighted by Gasteiger charge is -2.12. The van der Waals surface area contributed by atoms with Gasteiger partial charge in [-0.25, -0.2) is 5.43 Å². The molecule has 1 heterocycles. The minimum Gasteiger partial charge on any atom is -0.496 e. The van der Waals surface area contributed by atoms with Gasteiger partial charge in [0.25, 0.3) is 0 Å². The largest absolute Gasteiger partial charge is 0.496 e. The van der Waals surface area contributed by atoms with E-state index >= 15 is 0 Å². The first-order valence-corrected chi connectivity index (χ1v) is 7.24. The number of hydrogen-bond acceptors (Lipinski definition) is 5. The maximum Gasteiger partial charge on any atom is 0.305 e. The Hall–Kier alpha value is -3.09. The van der Waals surface area contributed by atoms with Gasteiger partial charge in [0.05, 0.1) is 33.1 Å². The van der Waals surface area contributed by atoms with E-state index in [2.05, 4.69) is 10.5 Å². The fourth-order valence-corrected chi connectivity index (χ4v) is 2.07. The highest BCUT2D eigenvalue weighted by Crippen LogP contribution is 2.32. The van der Waals surface area contributed by atoms with Crippen molar-refractivity contribution >= 4 is 12.1 Å². The highest BCUT2D eigenvalue weighted by Gasteiger charge is 2.12. The number of hydrogen-bond donors (Lipinski definition) is 1. The summed E-state index contributed by atoms with van der Waals surface area (Å²) >= 11 is 0. The monoisotopic (exact) mass is 330 g/mol. The highest BCUT2D eigenvalue weighted by molar-refractivity contribution is 5.89. The first kappa shape index (κ1) is 17.3. The number of carbonyl (C=O) groups is 1. The Morgan fingerprint density at radius 1 is 1.08 bits per heavy atom. The second-order valence-corrected chi connectivity index (χ2v) is 4.79. The van der Waals surface area contributed by atoms with Crippen molar-refractivity contribution in [1.82, 2.24) is 5.43 Å². The SMILES string of the molecule is COc1cc(OC)c(/C=N/NC(=O)C[n+]2ccccc2)c(OC)c1. The van der Waals surface area contributed by atoms with E-state index in [4.69, 9.17) is 14.2 Å². The molecule has 0 radical (unpaired) electrons. The van der Waals surface area contributed by atoms with Gasteiger partial charge >= 0.3 is 5.91 Å². The summed E-state index contributed by atoms with van der Waals surface area (Å²) in [5.74, 6) is 1.42. The molecule has 0 aliphatic carbocycles. The van der Waals surface area contributed by atoms with Crippen LogP contribution in [0.2, 0.25) is 0 Å². The quantitative estimate of drug-likeness (QED) is 0.470. The van der Waals surface area contributed by atoms with Crippen LogP contribution in [-0.4, -0.2) is 33.5 Å². The zero-order valence-electron chi connectivity index (χ0n) is 13.9. The lowest BCUT2D eigenvalue weighted by Crippen LogP contribution is -2.40. The molecule has 0 aliphatic rings. The third-order valence-corrected chi connectivity index (χ3v) is 3.24. The number of carbonyl (C=O) groups excluding carboxylic acids is 1. The summed E-state index contributed by atoms with van der Waals surface area (Å²) in [6.07, 6.45) is 5.09. The van der Waals surface area contributed by atoms with Gasteiger partial charge in [-0.3, -0.25) is 4.79 Å². The van der Waals surface area contributed by atoms with E-state index in [1.807, 2.05) is 18.2 Å². The Balaban J connectivity index is 2.09. The van der Waals surface area contributed by atoms with Gasteiger partial charge in [-0.05, 0) is 0 Å². The zero-order chi connectivity index (χ0) is 17.4. The molecule has 0 bridgehead atoms. The molecular formula is C17H20N3O4+. The van der Waals surface area contributed by atoms with Crippen LogP contribution >= 0.6 is 0 Å². The van der Waals surface area contributed by atoms with Crippen molar-refractivity contribution < 1.29 is 23.6 Å². The number of pyridine rings is 1. The Kier molecular flexibility index (Phi) is 6.13. The summed E-state index contributed by atoms with van der Waals surface area (Å²) in [4.78, 5) is 11.9. The number of benzene rings is 1. The van der Waals surface area contributed by atoms with E-state index in [0.29, 0.717) is 22.8 Å². The Morgan fingerprint density at radius 2 is 1.71 bits per heavy atom. The van der Waals surface area contributed by atoms with Crippen molar-refractivity contribution in [2.75, 3.05) is 21.3 Å². The van der Waals surface area contributed by atoms with Crippen LogP contribution in [0.25, 0.3) is 0 Å². The molecule has 0 spiro atoms. The standard InChI is InChI=1S/C17H19N3O4/c1-22-13-9-15(23-2)14(16(10-13)24-3)11-18-19-17(21)12-20-7-5-4-6-8-20/h4-11H,12H2,1-3H3/p+1/b18-11+. The molecule has 1 aromatic heterocycles. The molecule has 1 N–H and O–H groups in total. The average molecular weight is 330 g/mol. The van der Waals surface area contributed by atoms with E-state index in [1.165, 1.54) is 20.4 Å². The highest BCUT2D eigenvalue weighted by atomic mass is 16.5. The number of aromatic nitrogens is 1. The van der Waals surface area contributed by atoms with Gasteiger partial charge < -0.3 is 14.2 Å². The van der Waals surface area contributed by atoms with Crippen LogP contribution in [0.1, 0.15) is 5.56 Å². The van der Waals surface area contributed by atoms with Crippen molar-refractivity contribution in [3.63, 3.8) is 0 Å². The Labute approximate surface area is 140 Å². The van der Waals surface area contributed by atoms with Crippen molar-refractivity contribution in [3.05, 3.63) is 48.3 Å². The predicted molar refractivity (Wildman–Crippen MR) is 88.5 cm³/mol. The van der Waals surface area contributed by atoms with E-state index in [0.717, 1.165) is 0 Å². The third-order valence-electron chi connectivity index (χ3n) is 3.24. The molecule has 2 rings (SSSR count). The van der Waals surface area contributed by atoms with E-state index in [-0.39, 0.29) is 12.5 Å². The van der Waals surface area contributed by atoms with Crippen LogP contribution in [0.5, 0.6) is 17.2 Å². The molecule has 7 heteroatoms. The molecular weight excluding hydrogens is 310 g/mol. The number of hydrazone groups is 1. The van der Waals surface area contributed by atoms with Crippen LogP contribution in [0.15, 0.2) is 47.8 Å². The number of nitrogens with zero attached hydrogens (tertiary/aromatic N) is 2. The first-order chi connectivity index (χ1) is 11.7. The fourth-order valence-electron chi connectivity index (χ4n) is 2.07. The van der Waals surface area contributed by atoms with E-state index in [9.17, 15) is 4.79 Å². The minimum absolute atomic E-state index is 0.176. The fraction of sp³-hybridized carbons (Fsp3) is 0.235. The first-order valence-electron chi connectivity index (χ1n) is 7.24. The molecule has 0 aliphatic heterocycles. The normalized spacial score (nSPS) is 10.5. The molecule has 126 valence electrons. The molecule has 0 fully saturated rings. The van der Waals surface area contributed by atoms with Gasteiger partial charge in [-0.15, -0.1) is 0 Å². The molecule has 2 aromatic rings. The van der Waals surface area contributed by atoms with Crippen LogP contribution in [0.4, 0.5) is 0 Å². The van der Waals surface area contributed by atoms with Gasteiger partial charge in [-0.1, -0.05) is 6.07 Å². The lowest BCUT2D eigenvalue weighted by atomic mass is 10.2. The summed E-state index contributed by atoms with van der Waals surface area (Å²) in [5.41, 5.74) is 3.08. The maximum atomic E-state index is 11.9. The van der Waals surface area contributed by atoms with Crippen molar-refractivity contribution in [1.29, 1.82) is 0 Å². The number of rotatable bonds is 7. The van der Waals surface area contributed by atoms with Crippen molar-refractivity contribution in [2.24, 2.45) is 5.10 Å². The number of nitrogens with one attached hydrogen (secondary N) is 1.